The van der Waals surface area contributed by atoms with E-state index in [0.29, 0.717) is 5.96 Å². The van der Waals surface area contributed by atoms with Gasteiger partial charge in [0.05, 0.1) is 18.9 Å². The summed E-state index contributed by atoms with van der Waals surface area (Å²) in [6.07, 6.45) is 0. The van der Waals surface area contributed by atoms with E-state index in [1.54, 1.807) is 18.4 Å². The zero-order valence-corrected chi connectivity index (χ0v) is 21.1. The fraction of sp³-hybridized carbons (Fsp3) is 0.385. The van der Waals surface area contributed by atoms with E-state index in [1.165, 1.54) is 5.56 Å². The number of anilines is 1. The van der Waals surface area contributed by atoms with Crippen molar-refractivity contribution < 1.29 is 9.47 Å². The molecule has 0 saturated carbocycles. The summed E-state index contributed by atoms with van der Waals surface area (Å²) in [4.78, 5) is 11.6. The van der Waals surface area contributed by atoms with Crippen LogP contribution in [0.1, 0.15) is 18.1 Å². The molecule has 1 atom stereocenters. The van der Waals surface area contributed by atoms with Crippen LogP contribution in [0.15, 0.2) is 52.8 Å². The fourth-order valence-electron chi connectivity index (χ4n) is 3.96. The van der Waals surface area contributed by atoms with E-state index >= 15 is 0 Å². The quantitative estimate of drug-likeness (QED) is 0.370. The molecule has 4 rings (SSSR count). The second-order valence-electron chi connectivity index (χ2n) is 8.56. The minimum absolute atomic E-state index is 0.246. The van der Waals surface area contributed by atoms with Gasteiger partial charge in [0, 0.05) is 43.7 Å². The zero-order chi connectivity index (χ0) is 23.9. The van der Waals surface area contributed by atoms with Crippen molar-refractivity contribution >= 4 is 22.4 Å². The first kappa shape index (κ1) is 24.2. The minimum Gasteiger partial charge on any atom is -0.456 e. The fourth-order valence-corrected chi connectivity index (χ4v) is 4.67. The highest BCUT2D eigenvalue weighted by Gasteiger charge is 2.16. The summed E-state index contributed by atoms with van der Waals surface area (Å²) in [7, 11) is 1.78. The van der Waals surface area contributed by atoms with Gasteiger partial charge in [0.15, 0.2) is 11.1 Å². The lowest BCUT2D eigenvalue weighted by Crippen LogP contribution is -2.47. The molecule has 2 aromatic carbocycles. The van der Waals surface area contributed by atoms with Crippen LogP contribution in [-0.2, 0) is 4.74 Å². The van der Waals surface area contributed by atoms with Crippen molar-refractivity contribution in [3.63, 3.8) is 0 Å². The first-order valence-corrected chi connectivity index (χ1v) is 12.5. The Bertz CT molecular complexity index is 1120. The molecule has 0 aliphatic carbocycles. The van der Waals surface area contributed by atoms with E-state index in [0.717, 1.165) is 66.3 Å². The molecule has 7 nitrogen and oxygen atoms in total. The summed E-state index contributed by atoms with van der Waals surface area (Å²) in [6.45, 7) is 10.8. The molecule has 180 valence electrons. The molecule has 1 aliphatic rings. The number of rotatable bonds is 7. The Morgan fingerprint density at radius 3 is 2.74 bits per heavy atom. The summed E-state index contributed by atoms with van der Waals surface area (Å²) in [6, 6.07) is 14.5. The Morgan fingerprint density at radius 1 is 1.18 bits per heavy atom. The van der Waals surface area contributed by atoms with Crippen molar-refractivity contribution in [1.82, 2.24) is 15.2 Å². The molecule has 1 unspecified atom stereocenters. The Labute approximate surface area is 205 Å². The maximum atomic E-state index is 6.28. The van der Waals surface area contributed by atoms with Crippen LogP contribution in [0.2, 0.25) is 0 Å². The lowest BCUT2D eigenvalue weighted by molar-refractivity contribution is 0.0352. The van der Waals surface area contributed by atoms with Crippen LogP contribution in [0.3, 0.4) is 0 Å². The minimum atomic E-state index is 0.246. The summed E-state index contributed by atoms with van der Waals surface area (Å²) in [5.41, 5.74) is 4.14. The third-order valence-electron chi connectivity index (χ3n) is 5.69. The average Bonchev–Trinajstić information content (AvgIpc) is 3.29. The highest BCUT2D eigenvalue weighted by Crippen LogP contribution is 2.35. The van der Waals surface area contributed by atoms with Crippen LogP contribution in [-0.4, -0.2) is 61.8 Å². The van der Waals surface area contributed by atoms with Gasteiger partial charge in [-0.3, -0.25) is 9.89 Å². The number of aryl methyl sites for hydroxylation is 2. The number of ether oxygens (including phenoxy) is 2. The predicted molar refractivity (Wildman–Crippen MR) is 140 cm³/mol. The summed E-state index contributed by atoms with van der Waals surface area (Å²) >= 11 is 1.55. The van der Waals surface area contributed by atoms with Gasteiger partial charge in [0.2, 0.25) is 0 Å². The van der Waals surface area contributed by atoms with Crippen molar-refractivity contribution in [3.05, 3.63) is 59.0 Å². The maximum absolute atomic E-state index is 6.28. The monoisotopic (exact) mass is 479 g/mol. The Balaban J connectivity index is 1.42. The normalized spacial score (nSPS) is 15.7. The lowest BCUT2D eigenvalue weighted by Gasteiger charge is -2.29. The standard InChI is InChI=1S/C26H33N5O2S/c1-18-9-10-23(19(2)15-18)33-24-8-6-5-7-21(24)22-17-34-26(29-22)30-25(27-4)28-20(3)16-31-11-13-32-14-12-31/h5-10,15,17,20H,11-14,16H2,1-4H3,(H2,27,28,29,30). The van der Waals surface area contributed by atoms with Gasteiger partial charge in [-0.05, 0) is 44.5 Å². The highest BCUT2D eigenvalue weighted by atomic mass is 32.1. The van der Waals surface area contributed by atoms with Crippen molar-refractivity contribution in [2.45, 2.75) is 26.8 Å². The Kier molecular flexibility index (Phi) is 8.16. The summed E-state index contributed by atoms with van der Waals surface area (Å²) in [5, 5.41) is 9.62. The van der Waals surface area contributed by atoms with Gasteiger partial charge in [0.25, 0.3) is 0 Å². The molecular formula is C26H33N5O2S. The smallest absolute Gasteiger partial charge is 0.197 e. The molecular weight excluding hydrogens is 446 g/mol. The highest BCUT2D eigenvalue weighted by molar-refractivity contribution is 7.14. The van der Waals surface area contributed by atoms with Gasteiger partial charge in [-0.1, -0.05) is 29.8 Å². The first-order chi connectivity index (χ1) is 16.5. The molecule has 1 aromatic heterocycles. The van der Waals surface area contributed by atoms with E-state index in [2.05, 4.69) is 53.4 Å². The number of para-hydroxylation sites is 1. The zero-order valence-electron chi connectivity index (χ0n) is 20.3. The molecule has 1 aliphatic heterocycles. The van der Waals surface area contributed by atoms with Gasteiger partial charge < -0.3 is 20.1 Å². The second-order valence-corrected chi connectivity index (χ2v) is 9.42. The number of morpholine rings is 1. The molecule has 1 saturated heterocycles. The molecule has 1 fully saturated rings. The summed E-state index contributed by atoms with van der Waals surface area (Å²) in [5.74, 6) is 2.35. The largest absolute Gasteiger partial charge is 0.456 e. The predicted octanol–water partition coefficient (Wildman–Crippen LogP) is 4.93. The van der Waals surface area contributed by atoms with Gasteiger partial charge in [-0.25, -0.2) is 4.98 Å². The molecule has 0 radical (unpaired) electrons. The lowest BCUT2D eigenvalue weighted by atomic mass is 10.1. The molecule has 34 heavy (non-hydrogen) atoms. The van der Waals surface area contributed by atoms with Crippen molar-refractivity contribution in [2.75, 3.05) is 45.2 Å². The van der Waals surface area contributed by atoms with E-state index in [9.17, 15) is 0 Å². The van der Waals surface area contributed by atoms with Gasteiger partial charge in [-0.2, -0.15) is 0 Å². The number of aliphatic imine (C=N–C) groups is 1. The molecule has 2 heterocycles. The van der Waals surface area contributed by atoms with E-state index in [-0.39, 0.29) is 6.04 Å². The van der Waals surface area contributed by atoms with Crippen LogP contribution in [0.4, 0.5) is 5.13 Å². The Morgan fingerprint density at radius 2 is 1.97 bits per heavy atom. The summed E-state index contributed by atoms with van der Waals surface area (Å²) < 4.78 is 11.7. The van der Waals surface area contributed by atoms with E-state index < -0.39 is 0 Å². The third-order valence-corrected chi connectivity index (χ3v) is 6.44. The SMILES string of the molecule is CN=C(Nc1nc(-c2ccccc2Oc2ccc(C)cc2C)cs1)NC(C)CN1CCOCC1. The van der Waals surface area contributed by atoms with Crippen LogP contribution < -0.4 is 15.4 Å². The van der Waals surface area contributed by atoms with Crippen LogP contribution in [0.25, 0.3) is 11.3 Å². The Hall–Kier alpha value is -2.94. The molecule has 8 heteroatoms. The van der Waals surface area contributed by atoms with E-state index in [4.69, 9.17) is 14.5 Å². The molecule has 0 amide bonds. The first-order valence-electron chi connectivity index (χ1n) is 11.6. The van der Waals surface area contributed by atoms with Crippen LogP contribution in [0.5, 0.6) is 11.5 Å². The number of hydrogen-bond acceptors (Lipinski definition) is 6. The molecule has 2 N–H and O–H groups in total. The maximum Gasteiger partial charge on any atom is 0.197 e. The number of nitrogens with zero attached hydrogens (tertiary/aromatic N) is 3. The molecule has 0 bridgehead atoms. The van der Waals surface area contributed by atoms with Crippen LogP contribution >= 0.6 is 11.3 Å². The third kappa shape index (κ3) is 6.34. The van der Waals surface area contributed by atoms with Crippen molar-refractivity contribution in [2.24, 2.45) is 4.99 Å². The van der Waals surface area contributed by atoms with Crippen LogP contribution in [0, 0.1) is 13.8 Å². The number of thiazole rings is 1. The van der Waals surface area contributed by atoms with Crippen molar-refractivity contribution in [1.29, 1.82) is 0 Å². The number of benzene rings is 2. The molecule has 0 spiro atoms. The average molecular weight is 480 g/mol. The number of guanidine groups is 1. The van der Waals surface area contributed by atoms with Gasteiger partial charge >= 0.3 is 0 Å². The van der Waals surface area contributed by atoms with Crippen molar-refractivity contribution in [3.8, 4) is 22.8 Å². The number of hydrogen-bond donors (Lipinski definition) is 2. The van der Waals surface area contributed by atoms with Gasteiger partial charge in [0.1, 0.15) is 11.5 Å². The second kappa shape index (κ2) is 11.5. The van der Waals surface area contributed by atoms with E-state index in [1.807, 2.05) is 35.7 Å². The molecule has 3 aromatic rings. The topological polar surface area (TPSA) is 71.0 Å². The van der Waals surface area contributed by atoms with Gasteiger partial charge in [-0.15, -0.1) is 11.3 Å². The number of nitrogens with one attached hydrogen (secondary N) is 2. The number of aromatic nitrogens is 1.